The van der Waals surface area contributed by atoms with Gasteiger partial charge >= 0.3 is 0 Å². The Kier molecular flexibility index (Phi) is 5.15. The molecular formula is C16H22N4O3S. The van der Waals surface area contributed by atoms with Crippen LogP contribution in [0.1, 0.15) is 26.2 Å². The van der Waals surface area contributed by atoms with E-state index in [2.05, 4.69) is 14.9 Å². The Bertz CT molecular complexity index is 782. The fourth-order valence-corrected chi connectivity index (χ4v) is 4.20. The van der Waals surface area contributed by atoms with Crippen molar-refractivity contribution >= 4 is 15.7 Å². The van der Waals surface area contributed by atoms with Gasteiger partial charge in [-0.2, -0.15) is 0 Å². The SMILES string of the molecule is CCn1cnnc1-c1ccccc1NS(=O)(=O)C[C@@H]1CCCCO1. The normalized spacial score (nSPS) is 18.5. The Hall–Kier alpha value is -1.93. The third kappa shape index (κ3) is 3.93. The molecule has 1 atom stereocenters. The minimum atomic E-state index is -3.50. The largest absolute Gasteiger partial charge is 0.377 e. The van der Waals surface area contributed by atoms with Crippen LogP contribution in [0.25, 0.3) is 11.4 Å². The van der Waals surface area contributed by atoms with Crippen LogP contribution in [0.5, 0.6) is 0 Å². The first kappa shape index (κ1) is 16.9. The zero-order valence-electron chi connectivity index (χ0n) is 13.7. The predicted octanol–water partition coefficient (Wildman–Crippen LogP) is 2.28. The van der Waals surface area contributed by atoms with Crippen LogP contribution in [0.2, 0.25) is 0 Å². The van der Waals surface area contributed by atoms with Gasteiger partial charge < -0.3 is 9.30 Å². The van der Waals surface area contributed by atoms with Crippen molar-refractivity contribution in [2.45, 2.75) is 38.8 Å². The molecule has 1 saturated heterocycles. The minimum absolute atomic E-state index is 0.0260. The third-order valence-electron chi connectivity index (χ3n) is 4.07. The molecule has 2 aromatic rings. The number of rotatable bonds is 6. The van der Waals surface area contributed by atoms with Crippen LogP contribution >= 0.6 is 0 Å². The molecule has 1 aliphatic rings. The number of hydrogen-bond donors (Lipinski definition) is 1. The van der Waals surface area contributed by atoms with Gasteiger partial charge in [-0.05, 0) is 38.3 Å². The molecule has 130 valence electrons. The third-order valence-corrected chi connectivity index (χ3v) is 5.41. The molecule has 1 fully saturated rings. The van der Waals surface area contributed by atoms with Crippen molar-refractivity contribution in [2.75, 3.05) is 17.1 Å². The van der Waals surface area contributed by atoms with Gasteiger partial charge in [0.25, 0.3) is 0 Å². The van der Waals surface area contributed by atoms with E-state index in [0.717, 1.165) is 19.3 Å². The second-order valence-corrected chi connectivity index (χ2v) is 7.63. The number of aromatic nitrogens is 3. The van der Waals surface area contributed by atoms with Gasteiger partial charge in [0.15, 0.2) is 5.82 Å². The summed E-state index contributed by atoms with van der Waals surface area (Å²) in [5, 5.41) is 8.03. The Morgan fingerprint density at radius 2 is 2.17 bits per heavy atom. The molecule has 1 aromatic heterocycles. The van der Waals surface area contributed by atoms with E-state index in [-0.39, 0.29) is 11.9 Å². The predicted molar refractivity (Wildman–Crippen MR) is 92.1 cm³/mol. The van der Waals surface area contributed by atoms with Crippen molar-refractivity contribution in [3.63, 3.8) is 0 Å². The molecule has 24 heavy (non-hydrogen) atoms. The van der Waals surface area contributed by atoms with Crippen LogP contribution in [-0.4, -0.2) is 41.6 Å². The van der Waals surface area contributed by atoms with Crippen molar-refractivity contribution in [1.29, 1.82) is 0 Å². The number of hydrogen-bond acceptors (Lipinski definition) is 5. The quantitative estimate of drug-likeness (QED) is 0.864. The smallest absolute Gasteiger partial charge is 0.235 e. The first-order valence-corrected chi connectivity index (χ1v) is 9.83. The summed E-state index contributed by atoms with van der Waals surface area (Å²) < 4.78 is 35.1. The highest BCUT2D eigenvalue weighted by atomic mass is 32.2. The summed E-state index contributed by atoms with van der Waals surface area (Å²) in [5.74, 6) is 0.617. The van der Waals surface area contributed by atoms with Gasteiger partial charge in [-0.15, -0.1) is 10.2 Å². The zero-order chi connectivity index (χ0) is 17.0. The molecule has 0 unspecified atom stereocenters. The number of nitrogens with one attached hydrogen (secondary N) is 1. The monoisotopic (exact) mass is 350 g/mol. The molecule has 0 amide bonds. The Labute approximate surface area is 142 Å². The van der Waals surface area contributed by atoms with Crippen molar-refractivity contribution in [1.82, 2.24) is 14.8 Å². The number of sulfonamides is 1. The maximum atomic E-state index is 12.5. The second kappa shape index (κ2) is 7.31. The summed E-state index contributed by atoms with van der Waals surface area (Å²) >= 11 is 0. The molecule has 0 radical (unpaired) electrons. The maximum absolute atomic E-state index is 12.5. The summed E-state index contributed by atoms with van der Waals surface area (Å²) in [6, 6.07) is 7.23. The number of ether oxygens (including phenoxy) is 1. The molecule has 8 heteroatoms. The summed E-state index contributed by atoms with van der Waals surface area (Å²) in [4.78, 5) is 0. The molecule has 7 nitrogen and oxygen atoms in total. The molecule has 1 aromatic carbocycles. The zero-order valence-corrected chi connectivity index (χ0v) is 14.5. The lowest BCUT2D eigenvalue weighted by Gasteiger charge is -2.23. The van der Waals surface area contributed by atoms with E-state index in [9.17, 15) is 8.42 Å². The maximum Gasteiger partial charge on any atom is 0.235 e. The highest BCUT2D eigenvalue weighted by molar-refractivity contribution is 7.92. The van der Waals surface area contributed by atoms with Gasteiger partial charge in [0.05, 0.1) is 17.5 Å². The lowest BCUT2D eigenvalue weighted by molar-refractivity contribution is 0.0306. The van der Waals surface area contributed by atoms with E-state index < -0.39 is 10.0 Å². The summed E-state index contributed by atoms with van der Waals surface area (Å²) in [7, 11) is -3.50. The second-order valence-electron chi connectivity index (χ2n) is 5.86. The van der Waals surface area contributed by atoms with E-state index in [1.807, 2.05) is 23.6 Å². The van der Waals surface area contributed by atoms with Gasteiger partial charge in [0.2, 0.25) is 10.0 Å². The topological polar surface area (TPSA) is 86.1 Å². The lowest BCUT2D eigenvalue weighted by Crippen LogP contribution is -2.31. The van der Waals surface area contributed by atoms with Crippen LogP contribution in [-0.2, 0) is 21.3 Å². The average Bonchev–Trinajstić information content (AvgIpc) is 3.04. The molecular weight excluding hydrogens is 328 g/mol. The van der Waals surface area contributed by atoms with E-state index in [1.165, 1.54) is 0 Å². The van der Waals surface area contributed by atoms with Crippen LogP contribution < -0.4 is 4.72 Å². The summed E-state index contributed by atoms with van der Waals surface area (Å²) in [6.45, 7) is 3.33. The van der Waals surface area contributed by atoms with E-state index >= 15 is 0 Å². The molecule has 0 spiro atoms. The molecule has 1 aliphatic heterocycles. The van der Waals surface area contributed by atoms with Crippen LogP contribution in [0.15, 0.2) is 30.6 Å². The lowest BCUT2D eigenvalue weighted by atomic mass is 10.1. The molecule has 1 N–H and O–H groups in total. The number of anilines is 1. The first-order valence-electron chi connectivity index (χ1n) is 8.18. The first-order chi connectivity index (χ1) is 11.6. The number of aryl methyl sites for hydroxylation is 1. The van der Waals surface area contributed by atoms with E-state index in [1.54, 1.807) is 18.5 Å². The Morgan fingerprint density at radius 3 is 2.92 bits per heavy atom. The van der Waals surface area contributed by atoms with Gasteiger partial charge in [-0.3, -0.25) is 4.72 Å². The van der Waals surface area contributed by atoms with Gasteiger partial charge in [0.1, 0.15) is 6.33 Å². The van der Waals surface area contributed by atoms with Crippen LogP contribution in [0, 0.1) is 0 Å². The van der Waals surface area contributed by atoms with Crippen molar-refractivity contribution < 1.29 is 13.2 Å². The fourth-order valence-electron chi connectivity index (χ4n) is 2.85. The van der Waals surface area contributed by atoms with E-state index in [0.29, 0.717) is 30.2 Å². The number of para-hydroxylation sites is 1. The average molecular weight is 350 g/mol. The highest BCUT2D eigenvalue weighted by Gasteiger charge is 2.23. The van der Waals surface area contributed by atoms with Gasteiger partial charge in [-0.1, -0.05) is 12.1 Å². The molecule has 0 aliphatic carbocycles. The molecule has 3 rings (SSSR count). The van der Waals surface area contributed by atoms with Crippen molar-refractivity contribution in [2.24, 2.45) is 0 Å². The standard InChI is InChI=1S/C16H22N4O3S/c1-2-20-12-17-18-16(20)14-8-3-4-9-15(14)19-24(21,22)11-13-7-5-6-10-23-13/h3-4,8-9,12-13,19H,2,5-7,10-11H2,1H3/t13-/m0/s1. The molecule has 0 saturated carbocycles. The molecule has 2 heterocycles. The minimum Gasteiger partial charge on any atom is -0.377 e. The summed E-state index contributed by atoms with van der Waals surface area (Å²) in [5.41, 5.74) is 1.22. The van der Waals surface area contributed by atoms with E-state index in [4.69, 9.17) is 4.74 Å². The Morgan fingerprint density at radius 1 is 1.33 bits per heavy atom. The Balaban J connectivity index is 1.82. The van der Waals surface area contributed by atoms with Crippen molar-refractivity contribution in [3.8, 4) is 11.4 Å². The van der Waals surface area contributed by atoms with Crippen LogP contribution in [0.4, 0.5) is 5.69 Å². The van der Waals surface area contributed by atoms with Crippen LogP contribution in [0.3, 0.4) is 0 Å². The number of nitrogens with zero attached hydrogens (tertiary/aromatic N) is 3. The number of benzene rings is 1. The van der Waals surface area contributed by atoms with Gasteiger partial charge in [-0.25, -0.2) is 8.42 Å². The summed E-state index contributed by atoms with van der Waals surface area (Å²) in [6.07, 6.45) is 4.20. The highest BCUT2D eigenvalue weighted by Crippen LogP contribution is 2.27. The van der Waals surface area contributed by atoms with Crippen molar-refractivity contribution in [3.05, 3.63) is 30.6 Å². The molecule has 0 bridgehead atoms. The van der Waals surface area contributed by atoms with Gasteiger partial charge in [0, 0.05) is 18.7 Å². The fraction of sp³-hybridized carbons (Fsp3) is 0.500.